The van der Waals surface area contributed by atoms with Crippen molar-refractivity contribution in [2.75, 3.05) is 0 Å². The Morgan fingerprint density at radius 1 is 1.11 bits per heavy atom. The van der Waals surface area contributed by atoms with Crippen LogP contribution in [0.1, 0.15) is 15.9 Å². The zero-order chi connectivity index (χ0) is 13.8. The van der Waals surface area contributed by atoms with Gasteiger partial charge in [-0.15, -0.1) is 0 Å². The lowest BCUT2D eigenvalue weighted by atomic mass is 10.1. The zero-order valence-electron chi connectivity index (χ0n) is 9.88. The first-order valence-electron chi connectivity index (χ1n) is 5.56. The third-order valence-corrected chi connectivity index (χ3v) is 2.52. The Morgan fingerprint density at radius 2 is 1.89 bits per heavy atom. The molecule has 0 heterocycles. The predicted octanol–water partition coefficient (Wildman–Crippen LogP) is 3.13. The van der Waals surface area contributed by atoms with E-state index in [0.29, 0.717) is 5.56 Å². The number of rotatable bonds is 3. The molecule has 2 aromatic rings. The molecular weight excluding hydrogens is 247 g/mol. The van der Waals surface area contributed by atoms with Gasteiger partial charge in [0.2, 0.25) is 0 Å². The molecule has 0 aliphatic rings. The highest BCUT2D eigenvalue weighted by Gasteiger charge is 2.08. The number of halogens is 1. The first-order chi connectivity index (χ1) is 9.06. The van der Waals surface area contributed by atoms with Gasteiger partial charge in [0, 0.05) is 0 Å². The van der Waals surface area contributed by atoms with Crippen molar-refractivity contribution in [1.29, 1.82) is 0 Å². The van der Waals surface area contributed by atoms with Gasteiger partial charge >= 0.3 is 0 Å². The fourth-order valence-corrected chi connectivity index (χ4v) is 1.59. The molecule has 0 aliphatic carbocycles. The minimum atomic E-state index is -0.474. The van der Waals surface area contributed by atoms with E-state index in [1.807, 2.05) is 0 Å². The summed E-state index contributed by atoms with van der Waals surface area (Å²) in [6, 6.07) is 9.46. The summed E-state index contributed by atoms with van der Waals surface area (Å²) < 4.78 is 12.9. The van der Waals surface area contributed by atoms with Crippen LogP contribution in [0.3, 0.4) is 0 Å². The van der Waals surface area contributed by atoms with E-state index in [1.54, 1.807) is 6.07 Å². The number of allylic oxidation sites excluding steroid dienone is 1. The highest BCUT2D eigenvalue weighted by Crippen LogP contribution is 2.23. The van der Waals surface area contributed by atoms with Gasteiger partial charge in [-0.1, -0.05) is 18.2 Å². The highest BCUT2D eigenvalue weighted by atomic mass is 19.1. The van der Waals surface area contributed by atoms with Gasteiger partial charge in [0.1, 0.15) is 17.3 Å². The minimum Gasteiger partial charge on any atom is -0.508 e. The molecule has 0 unspecified atom stereocenters. The fourth-order valence-electron chi connectivity index (χ4n) is 1.59. The second-order valence-corrected chi connectivity index (χ2v) is 3.95. The molecule has 2 aromatic carbocycles. The number of hydrogen-bond donors (Lipinski definition) is 2. The van der Waals surface area contributed by atoms with Crippen molar-refractivity contribution >= 4 is 11.9 Å². The molecule has 0 radical (unpaired) electrons. The van der Waals surface area contributed by atoms with E-state index in [2.05, 4.69) is 0 Å². The van der Waals surface area contributed by atoms with Crippen LogP contribution in [0.5, 0.6) is 11.5 Å². The Bertz CT molecular complexity index is 648. The van der Waals surface area contributed by atoms with Crippen molar-refractivity contribution in [3.05, 3.63) is 65.5 Å². The first kappa shape index (κ1) is 12.8. The van der Waals surface area contributed by atoms with Crippen LogP contribution in [0.25, 0.3) is 6.08 Å². The van der Waals surface area contributed by atoms with Crippen molar-refractivity contribution < 1.29 is 19.4 Å². The number of hydrogen-bond acceptors (Lipinski definition) is 3. The average Bonchev–Trinajstić information content (AvgIpc) is 2.39. The molecule has 3 nitrogen and oxygen atoms in total. The lowest BCUT2D eigenvalue weighted by Gasteiger charge is -2.01. The number of ketones is 1. The SMILES string of the molecule is O=C(C=Cc1cccc(F)c1)c1cc(O)ccc1O. The van der Waals surface area contributed by atoms with Crippen LogP contribution in [0.15, 0.2) is 48.5 Å². The molecule has 0 aliphatic heterocycles. The van der Waals surface area contributed by atoms with Crippen LogP contribution in [0.2, 0.25) is 0 Å². The Hall–Kier alpha value is -2.62. The van der Waals surface area contributed by atoms with E-state index in [9.17, 15) is 19.4 Å². The predicted molar refractivity (Wildman–Crippen MR) is 69.5 cm³/mol. The Balaban J connectivity index is 2.23. The maximum absolute atomic E-state index is 12.9. The van der Waals surface area contributed by atoms with Crippen LogP contribution in [-0.2, 0) is 0 Å². The maximum Gasteiger partial charge on any atom is 0.189 e. The molecule has 0 aromatic heterocycles. The molecule has 2 N–H and O–H groups in total. The van der Waals surface area contributed by atoms with Crippen LogP contribution in [-0.4, -0.2) is 16.0 Å². The number of carbonyl (C=O) groups is 1. The lowest BCUT2D eigenvalue weighted by molar-refractivity contribution is 0.104. The standard InChI is InChI=1S/C15H11FO3/c16-11-3-1-2-10(8-11)4-6-14(18)13-9-12(17)5-7-15(13)19/h1-9,17,19H. The number of benzene rings is 2. The largest absolute Gasteiger partial charge is 0.508 e. The van der Waals surface area contributed by atoms with Gasteiger partial charge in [-0.2, -0.15) is 0 Å². The quantitative estimate of drug-likeness (QED) is 0.505. The summed E-state index contributed by atoms with van der Waals surface area (Å²) in [6.07, 6.45) is 2.65. The minimum absolute atomic E-state index is 0.00680. The van der Waals surface area contributed by atoms with E-state index >= 15 is 0 Å². The lowest BCUT2D eigenvalue weighted by Crippen LogP contribution is -1.94. The molecule has 0 saturated carbocycles. The number of aromatic hydroxyl groups is 2. The van der Waals surface area contributed by atoms with Gasteiger partial charge in [0.15, 0.2) is 5.78 Å². The summed E-state index contributed by atoms with van der Waals surface area (Å²) in [4.78, 5) is 11.8. The van der Waals surface area contributed by atoms with E-state index in [4.69, 9.17) is 0 Å². The van der Waals surface area contributed by atoms with E-state index in [0.717, 1.165) is 0 Å². The molecule has 4 heteroatoms. The normalized spacial score (nSPS) is 10.8. The molecule has 0 saturated heterocycles. The average molecular weight is 258 g/mol. The van der Waals surface area contributed by atoms with Crippen LogP contribution >= 0.6 is 0 Å². The molecule has 0 amide bonds. The van der Waals surface area contributed by atoms with Gasteiger partial charge in [0.05, 0.1) is 5.56 Å². The highest BCUT2D eigenvalue weighted by molar-refractivity contribution is 6.08. The zero-order valence-corrected chi connectivity index (χ0v) is 9.88. The van der Waals surface area contributed by atoms with Crippen molar-refractivity contribution in [3.63, 3.8) is 0 Å². The summed E-state index contributed by atoms with van der Waals surface area (Å²) in [5, 5.41) is 18.8. The Kier molecular flexibility index (Phi) is 3.61. The molecule has 0 fully saturated rings. The monoisotopic (exact) mass is 258 g/mol. The van der Waals surface area contributed by atoms with Crippen molar-refractivity contribution in [2.24, 2.45) is 0 Å². The summed E-state index contributed by atoms with van der Waals surface area (Å²) in [6.45, 7) is 0. The van der Waals surface area contributed by atoms with E-state index in [-0.39, 0.29) is 17.1 Å². The Labute approximate surface area is 109 Å². The second kappa shape index (κ2) is 5.35. The van der Waals surface area contributed by atoms with Crippen molar-refractivity contribution in [1.82, 2.24) is 0 Å². The first-order valence-corrected chi connectivity index (χ1v) is 5.56. The smallest absolute Gasteiger partial charge is 0.189 e. The van der Waals surface area contributed by atoms with Gasteiger partial charge in [-0.05, 0) is 42.0 Å². The third kappa shape index (κ3) is 3.19. The Morgan fingerprint density at radius 3 is 2.63 bits per heavy atom. The molecule has 0 atom stereocenters. The molecule has 19 heavy (non-hydrogen) atoms. The fraction of sp³-hybridized carbons (Fsp3) is 0. The topological polar surface area (TPSA) is 57.5 Å². The van der Waals surface area contributed by atoms with Crippen LogP contribution < -0.4 is 0 Å². The number of phenols is 2. The summed E-state index contributed by atoms with van der Waals surface area (Å²) in [5.41, 5.74) is 0.528. The van der Waals surface area contributed by atoms with E-state index in [1.165, 1.54) is 48.6 Å². The molecule has 0 spiro atoms. The van der Waals surface area contributed by atoms with Gasteiger partial charge in [-0.25, -0.2) is 4.39 Å². The third-order valence-electron chi connectivity index (χ3n) is 2.52. The van der Waals surface area contributed by atoms with Gasteiger partial charge < -0.3 is 10.2 Å². The van der Waals surface area contributed by atoms with Gasteiger partial charge in [-0.3, -0.25) is 4.79 Å². The van der Waals surface area contributed by atoms with Crippen LogP contribution in [0, 0.1) is 5.82 Å². The molecule has 2 rings (SSSR count). The van der Waals surface area contributed by atoms with Gasteiger partial charge in [0.25, 0.3) is 0 Å². The van der Waals surface area contributed by atoms with Crippen molar-refractivity contribution in [3.8, 4) is 11.5 Å². The molecule has 96 valence electrons. The summed E-state index contributed by atoms with van der Waals surface area (Å²) >= 11 is 0. The molecular formula is C15H11FO3. The summed E-state index contributed by atoms with van der Waals surface area (Å²) in [7, 11) is 0. The van der Waals surface area contributed by atoms with Crippen molar-refractivity contribution in [2.45, 2.75) is 0 Å². The van der Waals surface area contributed by atoms with Crippen LogP contribution in [0.4, 0.5) is 4.39 Å². The summed E-state index contributed by atoms with van der Waals surface area (Å²) in [5.74, 6) is -1.19. The second-order valence-electron chi connectivity index (χ2n) is 3.95. The van der Waals surface area contributed by atoms with E-state index < -0.39 is 11.6 Å². The number of phenolic OH excluding ortho intramolecular Hbond substituents is 2. The maximum atomic E-state index is 12.9. The molecule has 0 bridgehead atoms. The number of carbonyl (C=O) groups excluding carboxylic acids is 1.